The molecule has 3 aromatic carbocycles. The fourth-order valence-electron chi connectivity index (χ4n) is 3.25. The van der Waals surface area contributed by atoms with Gasteiger partial charge in [-0.05, 0) is 45.7 Å². The number of benzene rings is 3. The fraction of sp³-hybridized carbons (Fsp3) is 0.250. The van der Waals surface area contributed by atoms with Crippen molar-refractivity contribution < 1.29 is 5.11 Å². The van der Waals surface area contributed by atoms with Crippen LogP contribution in [0.3, 0.4) is 0 Å². The van der Waals surface area contributed by atoms with E-state index >= 15 is 0 Å². The lowest BCUT2D eigenvalue weighted by Crippen LogP contribution is -1.97. The summed E-state index contributed by atoms with van der Waals surface area (Å²) in [5.41, 5.74) is 6.60. The van der Waals surface area contributed by atoms with Crippen LogP contribution in [0.25, 0.3) is 22.3 Å². The Kier molecular flexibility index (Phi) is 4.94. The number of phenolic OH excluding ortho intramolecular Hbond substituents is 1. The zero-order valence-electron chi connectivity index (χ0n) is 15.5. The van der Waals surface area contributed by atoms with Crippen LogP contribution in [0.5, 0.6) is 5.75 Å². The van der Waals surface area contributed by atoms with Crippen LogP contribution < -0.4 is 0 Å². The van der Waals surface area contributed by atoms with Gasteiger partial charge < -0.3 is 5.11 Å². The van der Waals surface area contributed by atoms with Gasteiger partial charge in [0.05, 0.1) is 0 Å². The van der Waals surface area contributed by atoms with E-state index in [2.05, 4.69) is 82.3 Å². The van der Waals surface area contributed by atoms with E-state index in [-0.39, 0.29) is 5.92 Å². The lowest BCUT2D eigenvalue weighted by atomic mass is 9.87. The minimum absolute atomic E-state index is 0.279. The van der Waals surface area contributed by atoms with Crippen molar-refractivity contribution in [3.8, 4) is 28.0 Å². The molecule has 25 heavy (non-hydrogen) atoms. The standard InChI is InChI=1S/C24H26O/c1-16(2)19-14-22(17(3)4)24(25)23(15-19)21-13-9-8-12-20(21)18-10-6-5-7-11-18/h5-17,25H,1-4H3. The molecular formula is C24H26O. The van der Waals surface area contributed by atoms with Gasteiger partial charge in [0.2, 0.25) is 0 Å². The molecule has 0 aliphatic heterocycles. The van der Waals surface area contributed by atoms with Gasteiger partial charge in [-0.15, -0.1) is 0 Å². The smallest absolute Gasteiger partial charge is 0.126 e. The Hall–Kier alpha value is -2.54. The molecule has 0 heterocycles. The highest BCUT2D eigenvalue weighted by atomic mass is 16.3. The lowest BCUT2D eigenvalue weighted by molar-refractivity contribution is 0.466. The van der Waals surface area contributed by atoms with Crippen LogP contribution in [-0.2, 0) is 0 Å². The second-order valence-electron chi connectivity index (χ2n) is 7.23. The van der Waals surface area contributed by atoms with Crippen LogP contribution in [0.1, 0.15) is 50.7 Å². The van der Waals surface area contributed by atoms with Crippen LogP contribution in [0, 0.1) is 0 Å². The highest BCUT2D eigenvalue weighted by molar-refractivity contribution is 5.87. The molecule has 0 aliphatic carbocycles. The SMILES string of the molecule is CC(C)c1cc(-c2ccccc2-c2ccccc2)c(O)c(C(C)C)c1. The molecule has 0 saturated carbocycles. The van der Waals surface area contributed by atoms with Crippen LogP contribution in [0.4, 0.5) is 0 Å². The Balaban J connectivity index is 2.27. The molecule has 0 bridgehead atoms. The summed E-state index contributed by atoms with van der Waals surface area (Å²) in [5, 5.41) is 11.0. The predicted molar refractivity (Wildman–Crippen MR) is 107 cm³/mol. The van der Waals surface area contributed by atoms with Crippen molar-refractivity contribution in [3.05, 3.63) is 77.9 Å². The molecule has 0 atom stereocenters. The van der Waals surface area contributed by atoms with Crippen molar-refractivity contribution in [1.82, 2.24) is 0 Å². The van der Waals surface area contributed by atoms with Gasteiger partial charge in [-0.1, -0.05) is 88.4 Å². The number of hydrogen-bond acceptors (Lipinski definition) is 1. The topological polar surface area (TPSA) is 20.2 Å². The van der Waals surface area contributed by atoms with Gasteiger partial charge in [0, 0.05) is 5.56 Å². The average molecular weight is 330 g/mol. The summed E-state index contributed by atoms with van der Waals surface area (Å²) in [6, 6.07) is 23.0. The summed E-state index contributed by atoms with van der Waals surface area (Å²) in [5.74, 6) is 1.10. The molecule has 3 rings (SSSR count). The van der Waals surface area contributed by atoms with E-state index in [1.165, 1.54) is 11.1 Å². The normalized spacial score (nSPS) is 11.3. The van der Waals surface area contributed by atoms with Crippen LogP contribution in [0.15, 0.2) is 66.7 Å². The molecule has 1 heteroatoms. The minimum Gasteiger partial charge on any atom is -0.507 e. The van der Waals surface area contributed by atoms with Gasteiger partial charge in [0.25, 0.3) is 0 Å². The minimum atomic E-state index is 0.279. The maximum absolute atomic E-state index is 11.0. The van der Waals surface area contributed by atoms with Gasteiger partial charge >= 0.3 is 0 Å². The largest absolute Gasteiger partial charge is 0.507 e. The van der Waals surface area contributed by atoms with Gasteiger partial charge in [-0.2, -0.15) is 0 Å². The van der Waals surface area contributed by atoms with E-state index in [9.17, 15) is 5.11 Å². The molecule has 0 radical (unpaired) electrons. The quantitative estimate of drug-likeness (QED) is 0.547. The third kappa shape index (κ3) is 3.46. The first kappa shape index (κ1) is 17.3. The number of rotatable bonds is 4. The molecule has 0 fully saturated rings. The number of aromatic hydroxyl groups is 1. The number of hydrogen-bond donors (Lipinski definition) is 1. The van der Waals surface area contributed by atoms with Crippen LogP contribution >= 0.6 is 0 Å². The van der Waals surface area contributed by atoms with Crippen molar-refractivity contribution in [2.24, 2.45) is 0 Å². The van der Waals surface area contributed by atoms with E-state index in [0.29, 0.717) is 11.7 Å². The summed E-state index contributed by atoms with van der Waals surface area (Å²) in [7, 11) is 0. The first-order valence-corrected chi connectivity index (χ1v) is 9.00. The second-order valence-corrected chi connectivity index (χ2v) is 7.23. The summed E-state index contributed by atoms with van der Waals surface area (Å²) < 4.78 is 0. The summed E-state index contributed by atoms with van der Waals surface area (Å²) >= 11 is 0. The van der Waals surface area contributed by atoms with E-state index in [1.54, 1.807) is 0 Å². The molecule has 0 saturated heterocycles. The maximum Gasteiger partial charge on any atom is 0.126 e. The molecule has 0 aromatic heterocycles. The molecule has 0 aliphatic rings. The maximum atomic E-state index is 11.0. The van der Waals surface area contributed by atoms with Gasteiger partial charge in [0.1, 0.15) is 5.75 Å². The Morgan fingerprint density at radius 1 is 0.640 bits per heavy atom. The summed E-state index contributed by atoms with van der Waals surface area (Å²) in [6.07, 6.45) is 0. The summed E-state index contributed by atoms with van der Waals surface area (Å²) in [6.45, 7) is 8.66. The van der Waals surface area contributed by atoms with Crippen molar-refractivity contribution >= 4 is 0 Å². The van der Waals surface area contributed by atoms with E-state index in [4.69, 9.17) is 0 Å². The molecule has 3 aromatic rings. The Morgan fingerprint density at radius 3 is 1.84 bits per heavy atom. The average Bonchev–Trinajstić information content (AvgIpc) is 2.62. The van der Waals surface area contributed by atoms with E-state index in [1.807, 2.05) is 12.1 Å². The molecule has 0 amide bonds. The fourth-order valence-corrected chi connectivity index (χ4v) is 3.25. The molecule has 0 unspecified atom stereocenters. The van der Waals surface area contributed by atoms with Crippen molar-refractivity contribution in [2.75, 3.05) is 0 Å². The molecule has 1 N–H and O–H groups in total. The van der Waals surface area contributed by atoms with Crippen LogP contribution in [0.2, 0.25) is 0 Å². The number of phenols is 1. The van der Waals surface area contributed by atoms with Crippen LogP contribution in [-0.4, -0.2) is 5.11 Å². The third-order valence-corrected chi connectivity index (χ3v) is 4.75. The highest BCUT2D eigenvalue weighted by Crippen LogP contribution is 2.42. The Morgan fingerprint density at radius 2 is 1.24 bits per heavy atom. The third-order valence-electron chi connectivity index (χ3n) is 4.75. The first-order chi connectivity index (χ1) is 12.0. The predicted octanol–water partition coefficient (Wildman–Crippen LogP) is 6.97. The highest BCUT2D eigenvalue weighted by Gasteiger charge is 2.17. The van der Waals surface area contributed by atoms with Gasteiger partial charge in [-0.3, -0.25) is 0 Å². The first-order valence-electron chi connectivity index (χ1n) is 9.00. The Labute approximate surface area is 151 Å². The molecular weight excluding hydrogens is 304 g/mol. The molecule has 1 nitrogen and oxygen atoms in total. The van der Waals surface area contributed by atoms with Crippen molar-refractivity contribution in [2.45, 2.75) is 39.5 Å². The zero-order valence-corrected chi connectivity index (χ0v) is 15.5. The van der Waals surface area contributed by atoms with E-state index in [0.717, 1.165) is 22.3 Å². The van der Waals surface area contributed by atoms with Gasteiger partial charge in [0.15, 0.2) is 0 Å². The summed E-state index contributed by atoms with van der Waals surface area (Å²) in [4.78, 5) is 0. The molecule has 0 spiro atoms. The molecule has 128 valence electrons. The zero-order chi connectivity index (χ0) is 18.0. The Bertz CT molecular complexity index is 861. The van der Waals surface area contributed by atoms with Crippen molar-refractivity contribution in [3.63, 3.8) is 0 Å². The van der Waals surface area contributed by atoms with Crippen molar-refractivity contribution in [1.29, 1.82) is 0 Å². The second kappa shape index (κ2) is 7.14. The van der Waals surface area contributed by atoms with E-state index < -0.39 is 0 Å². The van der Waals surface area contributed by atoms with Gasteiger partial charge in [-0.25, -0.2) is 0 Å². The lowest BCUT2D eigenvalue weighted by Gasteiger charge is -2.19. The monoisotopic (exact) mass is 330 g/mol.